The Morgan fingerprint density at radius 2 is 1.88 bits per heavy atom. The molecule has 5 nitrogen and oxygen atoms in total. The largest absolute Gasteiger partial charge is 0.371 e. The summed E-state index contributed by atoms with van der Waals surface area (Å²) in [5, 5.41) is 7.46. The third kappa shape index (κ3) is 4.92. The number of benzene rings is 3. The van der Waals surface area contributed by atoms with Crippen LogP contribution in [0.4, 0.5) is 15.8 Å². The number of anilines is 1. The van der Waals surface area contributed by atoms with Crippen LogP contribution in [0.25, 0.3) is 11.6 Å². The van der Waals surface area contributed by atoms with E-state index in [0.717, 1.165) is 50.0 Å². The van der Waals surface area contributed by atoms with Crippen LogP contribution in [0.2, 0.25) is 0 Å². The molecule has 2 aliphatic rings. The first-order chi connectivity index (χ1) is 16.2. The number of hydrogen-bond acceptors (Lipinski definition) is 4. The lowest BCUT2D eigenvalue weighted by Crippen LogP contribution is -2.42. The highest BCUT2D eigenvalue weighted by Crippen LogP contribution is 2.33. The Morgan fingerprint density at radius 1 is 1.03 bits per heavy atom. The standard InChI is InChI=1S/C27H27FN5/c28-24-8-7-21-14-22(15-23(21)16-24)20-4-2-6-27(17-20)33-11-9-25(10-12-33)30-18-19-3-1-5-26(13-19)31-32-29/h1-8,13,15-17,25,29-30H,9-12,14,18H2/q+1. The van der Waals surface area contributed by atoms with E-state index < -0.39 is 0 Å². The van der Waals surface area contributed by atoms with Crippen LogP contribution in [0.1, 0.15) is 35.1 Å². The number of rotatable bonds is 6. The summed E-state index contributed by atoms with van der Waals surface area (Å²) in [5.41, 5.74) is 14.7. The molecule has 166 valence electrons. The van der Waals surface area contributed by atoms with Gasteiger partial charge in [-0.1, -0.05) is 36.4 Å². The molecule has 6 heteroatoms. The molecule has 0 spiro atoms. The third-order valence-electron chi connectivity index (χ3n) is 6.57. The smallest absolute Gasteiger partial charge is 0.220 e. The molecule has 3 aromatic carbocycles. The normalized spacial score (nSPS) is 15.7. The van der Waals surface area contributed by atoms with Gasteiger partial charge in [0, 0.05) is 31.4 Å². The Kier molecular flexibility index (Phi) is 6.11. The summed E-state index contributed by atoms with van der Waals surface area (Å²) in [5.74, 6) is -0.178. The third-order valence-corrected chi connectivity index (χ3v) is 6.57. The summed E-state index contributed by atoms with van der Waals surface area (Å²) in [6.07, 6.45) is 5.15. The number of hydrogen-bond donors (Lipinski definition) is 2. The van der Waals surface area contributed by atoms with Crippen molar-refractivity contribution in [2.75, 3.05) is 18.0 Å². The average molecular weight is 441 g/mol. The maximum absolute atomic E-state index is 13.6. The van der Waals surface area contributed by atoms with E-state index in [4.69, 9.17) is 5.53 Å². The van der Waals surface area contributed by atoms with E-state index in [1.807, 2.05) is 24.3 Å². The van der Waals surface area contributed by atoms with Gasteiger partial charge in [0.2, 0.25) is 4.91 Å². The molecular weight excluding hydrogens is 413 g/mol. The highest BCUT2D eigenvalue weighted by molar-refractivity contribution is 5.89. The van der Waals surface area contributed by atoms with Crippen LogP contribution < -0.4 is 15.1 Å². The van der Waals surface area contributed by atoms with Crippen molar-refractivity contribution in [1.29, 1.82) is 5.53 Å². The molecule has 0 bridgehead atoms. The Labute approximate surface area is 193 Å². The van der Waals surface area contributed by atoms with Crippen molar-refractivity contribution in [2.45, 2.75) is 31.8 Å². The van der Waals surface area contributed by atoms with Crippen molar-refractivity contribution < 1.29 is 4.39 Å². The summed E-state index contributed by atoms with van der Waals surface area (Å²) in [7, 11) is 0. The van der Waals surface area contributed by atoms with Crippen LogP contribution in [-0.2, 0) is 13.0 Å². The summed E-state index contributed by atoms with van der Waals surface area (Å²) >= 11 is 0. The Balaban J connectivity index is 1.18. The Bertz CT molecular complexity index is 1240. The van der Waals surface area contributed by atoms with Gasteiger partial charge in [-0.3, -0.25) is 0 Å². The minimum atomic E-state index is -0.178. The molecule has 3 aromatic rings. The Morgan fingerprint density at radius 3 is 2.73 bits per heavy atom. The van der Waals surface area contributed by atoms with Gasteiger partial charge in [-0.2, -0.15) is 0 Å². The Hall–Kier alpha value is -3.60. The van der Waals surface area contributed by atoms with Crippen molar-refractivity contribution in [2.24, 2.45) is 5.11 Å². The molecule has 1 aliphatic carbocycles. The second kappa shape index (κ2) is 9.49. The van der Waals surface area contributed by atoms with Crippen molar-refractivity contribution in [3.05, 3.63) is 94.8 Å². The van der Waals surface area contributed by atoms with Crippen molar-refractivity contribution in [1.82, 2.24) is 10.2 Å². The van der Waals surface area contributed by atoms with Crippen LogP contribution in [0, 0.1) is 11.3 Å². The van der Waals surface area contributed by atoms with E-state index in [2.05, 4.69) is 56.7 Å². The lowest BCUT2D eigenvalue weighted by atomic mass is 10.0. The number of nitrogens with zero attached hydrogens (tertiary/aromatic N) is 3. The van der Waals surface area contributed by atoms with E-state index in [1.54, 1.807) is 12.1 Å². The molecule has 33 heavy (non-hydrogen) atoms. The zero-order valence-corrected chi connectivity index (χ0v) is 18.5. The van der Waals surface area contributed by atoms with Gasteiger partial charge < -0.3 is 10.2 Å². The molecule has 0 unspecified atom stereocenters. The topological polar surface area (TPSA) is 65.6 Å². The molecule has 0 saturated carbocycles. The molecule has 0 atom stereocenters. The van der Waals surface area contributed by atoms with E-state index >= 15 is 0 Å². The van der Waals surface area contributed by atoms with Gasteiger partial charge in [0.1, 0.15) is 11.3 Å². The molecular formula is C27H27FN5+. The molecule has 1 fully saturated rings. The predicted molar refractivity (Wildman–Crippen MR) is 130 cm³/mol. The minimum Gasteiger partial charge on any atom is -0.371 e. The van der Waals surface area contributed by atoms with Gasteiger partial charge in [0.05, 0.1) is 0 Å². The molecule has 2 N–H and O–H groups in total. The zero-order chi connectivity index (χ0) is 22.6. The maximum Gasteiger partial charge on any atom is 0.220 e. The summed E-state index contributed by atoms with van der Waals surface area (Å²) in [4.78, 5) is 5.57. The first kappa shape index (κ1) is 21.3. The number of halogens is 1. The molecule has 1 aliphatic heterocycles. The zero-order valence-electron chi connectivity index (χ0n) is 18.5. The van der Waals surface area contributed by atoms with Crippen molar-refractivity contribution >= 4 is 23.0 Å². The van der Waals surface area contributed by atoms with E-state index in [1.165, 1.54) is 22.4 Å². The highest BCUT2D eigenvalue weighted by atomic mass is 19.1. The SMILES string of the molecule is N=[N+]=Nc1cccc(CNC2CCN(c3cccc(C4=Cc5cc(F)ccc5C4)c3)CC2)c1. The average Bonchev–Trinajstić information content (AvgIpc) is 3.27. The van der Waals surface area contributed by atoms with Crippen LogP contribution in [0.3, 0.4) is 0 Å². The van der Waals surface area contributed by atoms with Gasteiger partial charge in [-0.05, 0) is 83.5 Å². The first-order valence-electron chi connectivity index (χ1n) is 11.4. The first-order valence-corrected chi connectivity index (χ1v) is 11.4. The summed E-state index contributed by atoms with van der Waals surface area (Å²) in [6, 6.07) is 22.1. The number of nitrogens with one attached hydrogen (secondary N) is 2. The minimum absolute atomic E-state index is 0.178. The highest BCUT2D eigenvalue weighted by Gasteiger charge is 2.20. The monoisotopic (exact) mass is 440 g/mol. The quantitative estimate of drug-likeness (QED) is 0.372. The van der Waals surface area contributed by atoms with Gasteiger partial charge in [0.15, 0.2) is 10.8 Å². The number of fused-ring (bicyclic) bond motifs is 1. The fourth-order valence-electron chi connectivity index (χ4n) is 4.78. The van der Waals surface area contributed by atoms with Crippen LogP contribution >= 0.6 is 0 Å². The van der Waals surface area contributed by atoms with Gasteiger partial charge in [-0.15, -0.1) is 0 Å². The second-order valence-electron chi connectivity index (χ2n) is 8.75. The van der Waals surface area contributed by atoms with Gasteiger partial charge in [0.25, 0.3) is 0 Å². The predicted octanol–water partition coefficient (Wildman–Crippen LogP) is 5.86. The molecule has 0 radical (unpaired) electrons. The summed E-state index contributed by atoms with van der Waals surface area (Å²) < 4.78 is 13.6. The second-order valence-corrected chi connectivity index (χ2v) is 8.75. The van der Waals surface area contributed by atoms with Crippen LogP contribution in [-0.4, -0.2) is 19.1 Å². The molecule has 1 saturated heterocycles. The number of allylic oxidation sites excluding steroid dienone is 1. The number of piperidine rings is 1. The summed E-state index contributed by atoms with van der Waals surface area (Å²) in [6.45, 7) is 2.81. The molecule has 0 aromatic heterocycles. The molecule has 1 heterocycles. The lowest BCUT2D eigenvalue weighted by Gasteiger charge is -2.34. The molecule has 0 amide bonds. The van der Waals surface area contributed by atoms with Crippen LogP contribution in [0.5, 0.6) is 0 Å². The van der Waals surface area contributed by atoms with Gasteiger partial charge in [-0.25, -0.2) is 4.39 Å². The maximum atomic E-state index is 13.6. The van der Waals surface area contributed by atoms with E-state index in [-0.39, 0.29) is 5.82 Å². The molecule has 5 rings (SSSR count). The van der Waals surface area contributed by atoms with E-state index in [9.17, 15) is 4.39 Å². The fourth-order valence-corrected chi connectivity index (χ4v) is 4.78. The van der Waals surface area contributed by atoms with Crippen molar-refractivity contribution in [3.8, 4) is 0 Å². The van der Waals surface area contributed by atoms with Crippen molar-refractivity contribution in [3.63, 3.8) is 0 Å². The van der Waals surface area contributed by atoms with Crippen LogP contribution in [0.15, 0.2) is 71.8 Å². The fraction of sp³-hybridized carbons (Fsp3) is 0.259. The van der Waals surface area contributed by atoms with Gasteiger partial charge >= 0.3 is 0 Å². The van der Waals surface area contributed by atoms with E-state index in [0.29, 0.717) is 11.7 Å². The lowest BCUT2D eigenvalue weighted by molar-refractivity contribution is 0.414.